The molecule has 0 aromatic carbocycles. The lowest BCUT2D eigenvalue weighted by Gasteiger charge is -2.35. The molecule has 6 nitrogen and oxygen atoms in total. The molecule has 0 saturated carbocycles. The zero-order valence-corrected chi connectivity index (χ0v) is 11.7. The second kappa shape index (κ2) is 6.86. The molecular formula is C13H24N4O2. The van der Waals surface area contributed by atoms with Crippen LogP contribution in [0.3, 0.4) is 0 Å². The first kappa shape index (κ1) is 14.3. The molecule has 1 unspecified atom stereocenters. The summed E-state index contributed by atoms with van der Waals surface area (Å²) in [7, 11) is 0. The molecule has 0 spiro atoms. The number of piperazine rings is 1. The van der Waals surface area contributed by atoms with E-state index in [-0.39, 0.29) is 17.9 Å². The van der Waals surface area contributed by atoms with Crippen LogP contribution in [0.15, 0.2) is 0 Å². The van der Waals surface area contributed by atoms with E-state index < -0.39 is 0 Å². The molecule has 2 aliphatic heterocycles. The van der Waals surface area contributed by atoms with E-state index in [1.54, 1.807) is 0 Å². The Morgan fingerprint density at radius 1 is 1.26 bits per heavy atom. The van der Waals surface area contributed by atoms with Gasteiger partial charge in [-0.1, -0.05) is 0 Å². The van der Waals surface area contributed by atoms with Crippen molar-refractivity contribution in [2.75, 3.05) is 45.8 Å². The summed E-state index contributed by atoms with van der Waals surface area (Å²) >= 11 is 0. The number of hydrogen-bond acceptors (Lipinski definition) is 4. The minimum atomic E-state index is -0.0126. The van der Waals surface area contributed by atoms with E-state index in [0.717, 1.165) is 45.6 Å². The lowest BCUT2D eigenvalue weighted by molar-refractivity contribution is -0.134. The summed E-state index contributed by atoms with van der Waals surface area (Å²) in [4.78, 5) is 27.4. The third-order valence-electron chi connectivity index (χ3n) is 3.75. The van der Waals surface area contributed by atoms with Crippen molar-refractivity contribution in [3.05, 3.63) is 0 Å². The predicted molar refractivity (Wildman–Crippen MR) is 72.7 cm³/mol. The number of carbonyl (C=O) groups excluding carboxylic acids is 2. The van der Waals surface area contributed by atoms with Gasteiger partial charge in [-0.25, -0.2) is 0 Å². The quantitative estimate of drug-likeness (QED) is 0.690. The second-order valence-corrected chi connectivity index (χ2v) is 5.41. The number of likely N-dealkylation sites (tertiary alicyclic amines) is 1. The highest BCUT2D eigenvalue weighted by Gasteiger charge is 2.25. The smallest absolute Gasteiger partial charge is 0.236 e. The van der Waals surface area contributed by atoms with Crippen molar-refractivity contribution in [2.45, 2.75) is 25.8 Å². The van der Waals surface area contributed by atoms with Crippen LogP contribution in [0.1, 0.15) is 19.8 Å². The minimum absolute atomic E-state index is 0.0126. The van der Waals surface area contributed by atoms with Gasteiger partial charge in [0, 0.05) is 52.2 Å². The standard InChI is InChI=1S/C13H24N4O2/c1-11(18)15-12-3-2-6-17(9-12)13(19)10-16-7-4-14-5-8-16/h12,14H,2-10H2,1H3,(H,15,18). The molecular weight excluding hydrogens is 244 g/mol. The lowest BCUT2D eigenvalue weighted by Crippen LogP contribution is -2.53. The Labute approximate surface area is 114 Å². The predicted octanol–water partition coefficient (Wildman–Crippen LogP) is -0.981. The van der Waals surface area contributed by atoms with Crippen LogP contribution in [0.4, 0.5) is 0 Å². The molecule has 2 fully saturated rings. The molecule has 2 N–H and O–H groups in total. The Morgan fingerprint density at radius 3 is 2.68 bits per heavy atom. The van der Waals surface area contributed by atoms with Crippen LogP contribution in [0.5, 0.6) is 0 Å². The summed E-state index contributed by atoms with van der Waals surface area (Å²) in [5.74, 6) is 0.179. The highest BCUT2D eigenvalue weighted by atomic mass is 16.2. The van der Waals surface area contributed by atoms with Crippen LogP contribution in [0, 0.1) is 0 Å². The Morgan fingerprint density at radius 2 is 2.00 bits per heavy atom. The zero-order valence-electron chi connectivity index (χ0n) is 11.7. The first-order chi connectivity index (χ1) is 9.15. The number of nitrogens with one attached hydrogen (secondary N) is 2. The van der Waals surface area contributed by atoms with Gasteiger partial charge in [0.1, 0.15) is 0 Å². The summed E-state index contributed by atoms with van der Waals surface area (Å²) in [6.07, 6.45) is 1.94. The summed E-state index contributed by atoms with van der Waals surface area (Å²) in [6, 6.07) is 0.123. The maximum absolute atomic E-state index is 12.2. The van der Waals surface area contributed by atoms with Crippen molar-refractivity contribution in [2.24, 2.45) is 0 Å². The van der Waals surface area contributed by atoms with Gasteiger partial charge in [-0.05, 0) is 12.8 Å². The molecule has 0 aromatic heterocycles. The summed E-state index contributed by atoms with van der Waals surface area (Å²) in [5, 5.41) is 6.20. The van der Waals surface area contributed by atoms with E-state index in [1.165, 1.54) is 6.92 Å². The number of nitrogens with zero attached hydrogens (tertiary/aromatic N) is 2. The van der Waals surface area contributed by atoms with Crippen LogP contribution in [-0.4, -0.2) is 73.5 Å². The molecule has 0 radical (unpaired) electrons. The van der Waals surface area contributed by atoms with E-state index in [0.29, 0.717) is 13.1 Å². The van der Waals surface area contributed by atoms with E-state index in [1.807, 2.05) is 4.90 Å². The van der Waals surface area contributed by atoms with Crippen LogP contribution >= 0.6 is 0 Å². The Hall–Kier alpha value is -1.14. The summed E-state index contributed by atoms with van der Waals surface area (Å²) in [5.41, 5.74) is 0. The minimum Gasteiger partial charge on any atom is -0.352 e. The van der Waals surface area contributed by atoms with Crippen LogP contribution in [0.25, 0.3) is 0 Å². The molecule has 2 amide bonds. The molecule has 2 rings (SSSR count). The molecule has 1 atom stereocenters. The van der Waals surface area contributed by atoms with Crippen LogP contribution in [0.2, 0.25) is 0 Å². The normalized spacial score (nSPS) is 25.1. The fourth-order valence-corrected chi connectivity index (χ4v) is 2.77. The second-order valence-electron chi connectivity index (χ2n) is 5.41. The van der Waals surface area contributed by atoms with Gasteiger partial charge in [0.25, 0.3) is 0 Å². The number of hydrogen-bond donors (Lipinski definition) is 2. The van der Waals surface area contributed by atoms with Crippen molar-refractivity contribution in [1.29, 1.82) is 0 Å². The maximum Gasteiger partial charge on any atom is 0.236 e. The SMILES string of the molecule is CC(=O)NC1CCCN(C(=O)CN2CCNCC2)C1. The Bertz CT molecular complexity index is 329. The summed E-state index contributed by atoms with van der Waals surface area (Å²) < 4.78 is 0. The number of carbonyl (C=O) groups is 2. The molecule has 0 aromatic rings. The van der Waals surface area contributed by atoms with Crippen molar-refractivity contribution in [3.63, 3.8) is 0 Å². The van der Waals surface area contributed by atoms with Gasteiger partial charge >= 0.3 is 0 Å². The Kier molecular flexibility index (Phi) is 5.15. The van der Waals surface area contributed by atoms with Gasteiger partial charge in [-0.2, -0.15) is 0 Å². The van der Waals surface area contributed by atoms with Crippen molar-refractivity contribution >= 4 is 11.8 Å². The van der Waals surface area contributed by atoms with Crippen molar-refractivity contribution in [1.82, 2.24) is 20.4 Å². The van der Waals surface area contributed by atoms with E-state index in [9.17, 15) is 9.59 Å². The first-order valence-corrected chi connectivity index (χ1v) is 7.13. The first-order valence-electron chi connectivity index (χ1n) is 7.13. The fourth-order valence-electron chi connectivity index (χ4n) is 2.77. The molecule has 2 saturated heterocycles. The largest absolute Gasteiger partial charge is 0.352 e. The molecule has 0 aliphatic carbocycles. The van der Waals surface area contributed by atoms with Gasteiger partial charge < -0.3 is 15.5 Å². The monoisotopic (exact) mass is 268 g/mol. The summed E-state index contributed by atoms with van der Waals surface area (Å²) in [6.45, 7) is 7.31. The van der Waals surface area contributed by atoms with Gasteiger partial charge in [0.05, 0.1) is 6.54 Å². The highest BCUT2D eigenvalue weighted by Crippen LogP contribution is 2.11. The zero-order chi connectivity index (χ0) is 13.7. The van der Waals surface area contributed by atoms with Crippen molar-refractivity contribution < 1.29 is 9.59 Å². The molecule has 6 heteroatoms. The number of amides is 2. The average Bonchev–Trinajstić information content (AvgIpc) is 2.39. The molecule has 2 heterocycles. The molecule has 108 valence electrons. The third kappa shape index (κ3) is 4.47. The third-order valence-corrected chi connectivity index (χ3v) is 3.75. The highest BCUT2D eigenvalue weighted by molar-refractivity contribution is 5.78. The molecule has 0 bridgehead atoms. The lowest BCUT2D eigenvalue weighted by atomic mass is 10.1. The topological polar surface area (TPSA) is 64.7 Å². The van der Waals surface area contributed by atoms with E-state index in [4.69, 9.17) is 0 Å². The number of rotatable bonds is 3. The van der Waals surface area contributed by atoms with Gasteiger partial charge in [0.2, 0.25) is 11.8 Å². The van der Waals surface area contributed by atoms with Crippen molar-refractivity contribution in [3.8, 4) is 0 Å². The van der Waals surface area contributed by atoms with Crippen LogP contribution < -0.4 is 10.6 Å². The van der Waals surface area contributed by atoms with E-state index >= 15 is 0 Å². The fraction of sp³-hybridized carbons (Fsp3) is 0.846. The van der Waals surface area contributed by atoms with Gasteiger partial charge in [-0.15, -0.1) is 0 Å². The van der Waals surface area contributed by atoms with Gasteiger partial charge in [-0.3, -0.25) is 14.5 Å². The molecule has 19 heavy (non-hydrogen) atoms. The maximum atomic E-state index is 12.2. The van der Waals surface area contributed by atoms with E-state index in [2.05, 4.69) is 15.5 Å². The van der Waals surface area contributed by atoms with Crippen LogP contribution in [-0.2, 0) is 9.59 Å². The number of piperidine rings is 1. The Balaban J connectivity index is 1.79. The van der Waals surface area contributed by atoms with Gasteiger partial charge in [0.15, 0.2) is 0 Å². The molecule has 2 aliphatic rings. The average molecular weight is 268 g/mol.